The molecule has 0 aliphatic heterocycles. The van der Waals surface area contributed by atoms with E-state index in [1.165, 1.54) is 0 Å². The summed E-state index contributed by atoms with van der Waals surface area (Å²) in [6, 6.07) is 9.23. The minimum atomic E-state index is -4.44. The summed E-state index contributed by atoms with van der Waals surface area (Å²) in [7, 11) is 1.10. The summed E-state index contributed by atoms with van der Waals surface area (Å²) < 4.78 is 42.9. The lowest BCUT2D eigenvalue weighted by atomic mass is 10.2. The third kappa shape index (κ3) is 7.21. The van der Waals surface area contributed by atoms with Crippen LogP contribution in [0.2, 0.25) is 0 Å². The maximum absolute atomic E-state index is 12.4. The summed E-state index contributed by atoms with van der Waals surface area (Å²) >= 11 is 0. The second kappa shape index (κ2) is 10.5. The molecule has 1 amide bonds. The van der Waals surface area contributed by atoms with Crippen molar-refractivity contribution in [1.82, 2.24) is 15.5 Å². The topological polar surface area (TPSA) is 69.9 Å². The number of likely N-dealkylation sites (N-methyl/N-ethyl adjacent to an activating group) is 1. The van der Waals surface area contributed by atoms with E-state index in [4.69, 9.17) is 4.42 Å². The van der Waals surface area contributed by atoms with Crippen molar-refractivity contribution < 1.29 is 22.4 Å². The number of carbonyl (C=O) groups is 1. The van der Waals surface area contributed by atoms with Crippen molar-refractivity contribution in [2.24, 2.45) is 4.99 Å². The fourth-order valence-electron chi connectivity index (χ4n) is 2.44. The average molecular weight is 512 g/mol. The van der Waals surface area contributed by atoms with Crippen LogP contribution in [0.25, 0.3) is 11.0 Å². The molecule has 0 aliphatic rings. The number of amides is 1. The molecule has 1 aromatic carbocycles. The second-order valence-corrected chi connectivity index (χ2v) is 6.11. The number of aliphatic imine (C=N–C) groups is 1. The van der Waals surface area contributed by atoms with Gasteiger partial charge in [0.05, 0.1) is 6.04 Å². The number of carbonyl (C=O) groups excluding carboxylic acids is 1. The molecule has 156 valence electrons. The Hall–Kier alpha value is -1.98. The van der Waals surface area contributed by atoms with Crippen molar-refractivity contribution in [2.75, 3.05) is 26.7 Å². The third-order valence-corrected chi connectivity index (χ3v) is 3.78. The molecule has 1 heterocycles. The van der Waals surface area contributed by atoms with E-state index < -0.39 is 25.2 Å². The minimum Gasteiger partial charge on any atom is -0.459 e. The maximum Gasteiger partial charge on any atom is 0.406 e. The van der Waals surface area contributed by atoms with E-state index in [9.17, 15) is 18.0 Å². The van der Waals surface area contributed by atoms with E-state index in [0.717, 1.165) is 18.0 Å². The molecular formula is C18H24F3IN4O2. The molecule has 0 spiro atoms. The first-order valence-electron chi connectivity index (χ1n) is 8.53. The van der Waals surface area contributed by atoms with E-state index in [2.05, 4.69) is 15.6 Å². The van der Waals surface area contributed by atoms with Gasteiger partial charge in [-0.25, -0.2) is 4.99 Å². The van der Waals surface area contributed by atoms with E-state index in [1.807, 2.05) is 44.2 Å². The number of furan rings is 1. The normalized spacial score (nSPS) is 13.0. The standard InChI is InChI=1S/C18H23F3N4O2.HI/c1-4-22-17(23-10-16(26)25(3)11-18(19,20)21)24-12(2)15-9-13-7-5-6-8-14(13)27-15;/h5-9,12H,4,10-11H2,1-3H3,(H2,22,23,24);1H. The fourth-order valence-corrected chi connectivity index (χ4v) is 2.44. The van der Waals surface area contributed by atoms with Crippen LogP contribution in [-0.4, -0.2) is 49.6 Å². The number of guanidine groups is 1. The molecule has 2 N–H and O–H groups in total. The molecule has 2 rings (SSSR count). The van der Waals surface area contributed by atoms with E-state index in [-0.39, 0.29) is 30.0 Å². The van der Waals surface area contributed by atoms with Crippen LogP contribution in [0, 0.1) is 0 Å². The third-order valence-electron chi connectivity index (χ3n) is 3.78. The van der Waals surface area contributed by atoms with Gasteiger partial charge in [0.2, 0.25) is 5.91 Å². The molecule has 10 heteroatoms. The molecule has 1 atom stereocenters. The first kappa shape index (κ1) is 24.1. The van der Waals surface area contributed by atoms with Crippen molar-refractivity contribution >= 4 is 46.8 Å². The van der Waals surface area contributed by atoms with Crippen LogP contribution in [0.5, 0.6) is 0 Å². The molecule has 0 bridgehead atoms. The van der Waals surface area contributed by atoms with E-state index >= 15 is 0 Å². The number of nitrogens with zero attached hydrogens (tertiary/aromatic N) is 2. The Morgan fingerprint density at radius 3 is 2.61 bits per heavy atom. The van der Waals surface area contributed by atoms with Gasteiger partial charge in [-0.05, 0) is 26.0 Å². The lowest BCUT2D eigenvalue weighted by Crippen LogP contribution is -2.41. The smallest absolute Gasteiger partial charge is 0.406 e. The number of alkyl halides is 3. The zero-order valence-electron chi connectivity index (χ0n) is 15.8. The Balaban J connectivity index is 0.00000392. The predicted octanol–water partition coefficient (Wildman–Crippen LogP) is 3.69. The Morgan fingerprint density at radius 2 is 2.00 bits per heavy atom. The van der Waals surface area contributed by atoms with Crippen molar-refractivity contribution in [2.45, 2.75) is 26.1 Å². The number of para-hydroxylation sites is 1. The highest BCUT2D eigenvalue weighted by atomic mass is 127. The molecular weight excluding hydrogens is 488 g/mol. The monoisotopic (exact) mass is 512 g/mol. The number of hydrogen-bond acceptors (Lipinski definition) is 3. The number of fused-ring (bicyclic) bond motifs is 1. The lowest BCUT2D eigenvalue weighted by Gasteiger charge is -2.19. The molecule has 0 aliphatic carbocycles. The van der Waals surface area contributed by atoms with Gasteiger partial charge in [-0.3, -0.25) is 4.79 Å². The molecule has 6 nitrogen and oxygen atoms in total. The van der Waals surface area contributed by atoms with Gasteiger partial charge in [0, 0.05) is 19.0 Å². The maximum atomic E-state index is 12.4. The van der Waals surface area contributed by atoms with Crippen LogP contribution in [0.4, 0.5) is 13.2 Å². The summed E-state index contributed by atoms with van der Waals surface area (Å²) in [5, 5.41) is 7.02. The summed E-state index contributed by atoms with van der Waals surface area (Å²) in [6.07, 6.45) is -4.44. The van der Waals surface area contributed by atoms with Gasteiger partial charge in [0.1, 0.15) is 24.4 Å². The van der Waals surface area contributed by atoms with E-state index in [0.29, 0.717) is 23.2 Å². The zero-order valence-corrected chi connectivity index (χ0v) is 18.2. The van der Waals surface area contributed by atoms with Crippen molar-refractivity contribution in [3.8, 4) is 0 Å². The highest BCUT2D eigenvalue weighted by molar-refractivity contribution is 14.0. The largest absolute Gasteiger partial charge is 0.459 e. The van der Waals surface area contributed by atoms with Gasteiger partial charge in [-0.15, -0.1) is 24.0 Å². The molecule has 0 radical (unpaired) electrons. The van der Waals surface area contributed by atoms with Gasteiger partial charge >= 0.3 is 6.18 Å². The summed E-state index contributed by atoms with van der Waals surface area (Å²) in [6.45, 7) is 2.55. The van der Waals surface area contributed by atoms with Crippen LogP contribution >= 0.6 is 24.0 Å². The van der Waals surface area contributed by atoms with Crippen LogP contribution in [-0.2, 0) is 4.79 Å². The Bertz CT molecular complexity index is 774. The minimum absolute atomic E-state index is 0. The predicted molar refractivity (Wildman–Crippen MR) is 113 cm³/mol. The Labute approximate surface area is 178 Å². The second-order valence-electron chi connectivity index (χ2n) is 6.11. The van der Waals surface area contributed by atoms with Crippen LogP contribution in [0.1, 0.15) is 25.6 Å². The molecule has 0 saturated heterocycles. The number of rotatable bonds is 6. The molecule has 0 saturated carbocycles. The summed E-state index contributed by atoms with van der Waals surface area (Å²) in [5.74, 6) is 0.280. The van der Waals surface area contributed by atoms with Crippen molar-refractivity contribution in [1.29, 1.82) is 0 Å². The van der Waals surface area contributed by atoms with Crippen LogP contribution < -0.4 is 10.6 Å². The number of halogens is 4. The number of hydrogen-bond donors (Lipinski definition) is 2. The van der Waals surface area contributed by atoms with Crippen LogP contribution in [0.3, 0.4) is 0 Å². The first-order valence-corrected chi connectivity index (χ1v) is 8.53. The molecule has 0 fully saturated rings. The van der Waals surface area contributed by atoms with Gasteiger partial charge in [0.15, 0.2) is 5.96 Å². The lowest BCUT2D eigenvalue weighted by molar-refractivity contribution is -0.157. The molecule has 2 aromatic rings. The number of nitrogens with one attached hydrogen (secondary N) is 2. The highest BCUT2D eigenvalue weighted by Crippen LogP contribution is 2.23. The van der Waals surface area contributed by atoms with Gasteiger partial charge in [-0.2, -0.15) is 13.2 Å². The Kier molecular flexibility index (Phi) is 9.05. The van der Waals surface area contributed by atoms with Gasteiger partial charge in [-0.1, -0.05) is 18.2 Å². The first-order chi connectivity index (χ1) is 12.7. The quantitative estimate of drug-likeness (QED) is 0.352. The molecule has 28 heavy (non-hydrogen) atoms. The Morgan fingerprint density at radius 1 is 1.32 bits per heavy atom. The van der Waals surface area contributed by atoms with Gasteiger partial charge in [0.25, 0.3) is 0 Å². The average Bonchev–Trinajstić information content (AvgIpc) is 3.02. The van der Waals surface area contributed by atoms with Gasteiger partial charge < -0.3 is 20.0 Å². The van der Waals surface area contributed by atoms with E-state index in [1.54, 1.807) is 0 Å². The fraction of sp³-hybridized carbons (Fsp3) is 0.444. The van der Waals surface area contributed by atoms with Crippen molar-refractivity contribution in [3.05, 3.63) is 36.1 Å². The van der Waals surface area contributed by atoms with Crippen LogP contribution in [0.15, 0.2) is 39.7 Å². The van der Waals surface area contributed by atoms with Crippen molar-refractivity contribution in [3.63, 3.8) is 0 Å². The molecule has 1 unspecified atom stereocenters. The summed E-state index contributed by atoms with van der Waals surface area (Å²) in [4.78, 5) is 16.5. The summed E-state index contributed by atoms with van der Waals surface area (Å²) in [5.41, 5.74) is 0.757. The SMILES string of the molecule is CCNC(=NCC(=O)N(C)CC(F)(F)F)NC(C)c1cc2ccccc2o1.I. The highest BCUT2D eigenvalue weighted by Gasteiger charge is 2.31. The number of benzene rings is 1. The molecule has 1 aromatic heterocycles. The zero-order chi connectivity index (χ0) is 20.0.